The van der Waals surface area contributed by atoms with E-state index in [1.807, 2.05) is 0 Å². The van der Waals surface area contributed by atoms with Gasteiger partial charge < -0.3 is 14.2 Å². The molecular formula is C26H31B2NO2. The molecule has 31 heavy (non-hydrogen) atoms. The lowest BCUT2D eigenvalue weighted by Gasteiger charge is -2.32. The summed E-state index contributed by atoms with van der Waals surface area (Å²) < 4.78 is 12.7. The molecule has 1 saturated heterocycles. The third-order valence-corrected chi connectivity index (χ3v) is 6.86. The Bertz CT molecular complexity index is 1030. The van der Waals surface area contributed by atoms with Gasteiger partial charge in [0.05, 0.1) is 16.9 Å². The highest BCUT2D eigenvalue weighted by Crippen LogP contribution is 2.39. The van der Waals surface area contributed by atoms with Gasteiger partial charge in [-0.1, -0.05) is 47.9 Å². The van der Waals surface area contributed by atoms with E-state index in [1.165, 1.54) is 22.3 Å². The van der Waals surface area contributed by atoms with Crippen LogP contribution in [0.15, 0.2) is 66.7 Å². The molecule has 1 aliphatic heterocycles. The molecule has 0 spiro atoms. The quantitative estimate of drug-likeness (QED) is 0.597. The molecule has 0 N–H and O–H groups in total. The van der Waals surface area contributed by atoms with Gasteiger partial charge >= 0.3 is 7.12 Å². The van der Waals surface area contributed by atoms with Crippen LogP contribution in [0, 0.1) is 13.8 Å². The average Bonchev–Trinajstić information content (AvgIpc) is 2.96. The summed E-state index contributed by atoms with van der Waals surface area (Å²) in [6.07, 6.45) is 0. The summed E-state index contributed by atoms with van der Waals surface area (Å²) in [5, 5.41) is 0. The number of aryl methyl sites for hydroxylation is 1. The Hall–Kier alpha value is -2.49. The molecule has 158 valence electrons. The minimum atomic E-state index is -0.363. The van der Waals surface area contributed by atoms with Gasteiger partial charge in [-0.2, -0.15) is 0 Å². The molecular weight excluding hydrogens is 380 g/mol. The van der Waals surface area contributed by atoms with Crippen molar-refractivity contribution in [2.75, 3.05) is 4.90 Å². The van der Waals surface area contributed by atoms with Crippen molar-refractivity contribution < 1.29 is 9.31 Å². The third kappa shape index (κ3) is 3.81. The molecule has 0 atom stereocenters. The van der Waals surface area contributed by atoms with Gasteiger partial charge in [0.25, 0.3) is 0 Å². The Morgan fingerprint density at radius 1 is 0.774 bits per heavy atom. The Kier molecular flexibility index (Phi) is 5.53. The molecule has 1 fully saturated rings. The molecule has 3 nitrogen and oxygen atoms in total. The fourth-order valence-electron chi connectivity index (χ4n) is 4.22. The van der Waals surface area contributed by atoms with Crippen LogP contribution in [0.2, 0.25) is 0 Å². The van der Waals surface area contributed by atoms with E-state index < -0.39 is 0 Å². The predicted octanol–water partition coefficient (Wildman–Crippen LogP) is 4.33. The first kappa shape index (κ1) is 21.7. The Morgan fingerprint density at radius 2 is 1.23 bits per heavy atom. The average molecular weight is 411 g/mol. The predicted molar refractivity (Wildman–Crippen MR) is 134 cm³/mol. The van der Waals surface area contributed by atoms with E-state index in [4.69, 9.17) is 9.31 Å². The number of nitrogens with zero attached hydrogens (tertiary/aromatic N) is 1. The van der Waals surface area contributed by atoms with E-state index in [0.717, 1.165) is 16.8 Å². The molecule has 0 saturated carbocycles. The van der Waals surface area contributed by atoms with Gasteiger partial charge in [0, 0.05) is 11.4 Å². The van der Waals surface area contributed by atoms with Crippen molar-refractivity contribution in [1.29, 1.82) is 0 Å². The van der Waals surface area contributed by atoms with Gasteiger partial charge in [-0.3, -0.25) is 0 Å². The number of rotatable bonds is 4. The smallest absolute Gasteiger partial charge is 0.399 e. The lowest BCUT2D eigenvalue weighted by Crippen LogP contribution is -2.45. The van der Waals surface area contributed by atoms with E-state index in [1.54, 1.807) is 0 Å². The van der Waals surface area contributed by atoms with Crippen molar-refractivity contribution in [1.82, 2.24) is 0 Å². The maximum Gasteiger partial charge on any atom is 0.494 e. The highest BCUT2D eigenvalue weighted by atomic mass is 16.7. The standard InChI is InChI=1S/C26H31B2NO2/c1-18-17-22(28-30-25(3,4)26(5,6)31-28)23(27)19(2)24(18)29(20-13-9-7-10-14-20)21-15-11-8-12-16-21/h7-17H,27H2,1-6H3. The number of benzene rings is 3. The minimum absolute atomic E-state index is 0.356. The van der Waals surface area contributed by atoms with Gasteiger partial charge in [-0.25, -0.2) is 0 Å². The van der Waals surface area contributed by atoms with E-state index in [0.29, 0.717) is 0 Å². The molecule has 1 heterocycles. The highest BCUT2D eigenvalue weighted by molar-refractivity contribution is 6.68. The van der Waals surface area contributed by atoms with Gasteiger partial charge in [0.1, 0.15) is 7.85 Å². The maximum atomic E-state index is 6.37. The lowest BCUT2D eigenvalue weighted by atomic mass is 9.68. The molecule has 3 aromatic carbocycles. The molecule has 0 aliphatic carbocycles. The summed E-state index contributed by atoms with van der Waals surface area (Å²) >= 11 is 0. The maximum absolute atomic E-state index is 6.37. The molecule has 0 aromatic heterocycles. The molecule has 0 unspecified atom stereocenters. The topological polar surface area (TPSA) is 21.7 Å². The lowest BCUT2D eigenvalue weighted by molar-refractivity contribution is 0.00578. The van der Waals surface area contributed by atoms with Crippen molar-refractivity contribution in [2.24, 2.45) is 0 Å². The van der Waals surface area contributed by atoms with Crippen LogP contribution in [0.5, 0.6) is 0 Å². The molecule has 0 bridgehead atoms. The Balaban J connectivity index is 1.85. The normalized spacial score (nSPS) is 17.0. The second-order valence-electron chi connectivity index (χ2n) is 9.48. The molecule has 5 heteroatoms. The molecule has 4 rings (SSSR count). The second-order valence-corrected chi connectivity index (χ2v) is 9.48. The summed E-state index contributed by atoms with van der Waals surface area (Å²) in [6, 6.07) is 23.3. The van der Waals surface area contributed by atoms with Gasteiger partial charge in [0.15, 0.2) is 0 Å². The first-order valence-corrected chi connectivity index (χ1v) is 11.0. The van der Waals surface area contributed by atoms with Crippen molar-refractivity contribution >= 4 is 43.0 Å². The SMILES string of the molecule is Bc1c(B2OC(C)(C)C(C)(C)O2)cc(C)c(N(c2ccccc2)c2ccccc2)c1C. The Labute approximate surface area is 187 Å². The number of hydrogen-bond acceptors (Lipinski definition) is 3. The van der Waals surface area contributed by atoms with Gasteiger partial charge in [-0.05, 0) is 82.4 Å². The zero-order chi connectivity index (χ0) is 22.4. The molecule has 1 aliphatic rings. The van der Waals surface area contributed by atoms with Crippen LogP contribution in [-0.4, -0.2) is 26.2 Å². The van der Waals surface area contributed by atoms with Crippen LogP contribution >= 0.6 is 0 Å². The summed E-state index contributed by atoms with van der Waals surface area (Å²) in [5.41, 5.74) is 7.52. The van der Waals surface area contributed by atoms with Crippen LogP contribution in [0.1, 0.15) is 38.8 Å². The van der Waals surface area contributed by atoms with Crippen molar-refractivity contribution in [2.45, 2.75) is 52.7 Å². The summed E-state index contributed by atoms with van der Waals surface area (Å²) in [4.78, 5) is 2.34. The fourth-order valence-corrected chi connectivity index (χ4v) is 4.22. The monoisotopic (exact) mass is 411 g/mol. The first-order chi connectivity index (χ1) is 14.6. The highest BCUT2D eigenvalue weighted by Gasteiger charge is 2.52. The number of anilines is 3. The summed E-state index contributed by atoms with van der Waals surface area (Å²) in [6.45, 7) is 12.8. The van der Waals surface area contributed by atoms with E-state index in [-0.39, 0.29) is 18.3 Å². The van der Waals surface area contributed by atoms with Crippen LogP contribution in [0.25, 0.3) is 0 Å². The number of hydrogen-bond donors (Lipinski definition) is 0. The first-order valence-electron chi connectivity index (χ1n) is 11.0. The van der Waals surface area contributed by atoms with E-state index in [2.05, 4.69) is 121 Å². The van der Waals surface area contributed by atoms with Gasteiger partial charge in [0.2, 0.25) is 0 Å². The zero-order valence-electron chi connectivity index (χ0n) is 19.7. The van der Waals surface area contributed by atoms with Crippen molar-refractivity contribution in [3.63, 3.8) is 0 Å². The zero-order valence-corrected chi connectivity index (χ0v) is 19.7. The van der Waals surface area contributed by atoms with Crippen molar-refractivity contribution in [3.8, 4) is 0 Å². The van der Waals surface area contributed by atoms with E-state index in [9.17, 15) is 0 Å². The molecule has 0 amide bonds. The minimum Gasteiger partial charge on any atom is -0.399 e. The summed E-state index contributed by atoms with van der Waals surface area (Å²) in [7, 11) is 1.81. The van der Waals surface area contributed by atoms with Gasteiger partial charge in [-0.15, -0.1) is 0 Å². The second kappa shape index (κ2) is 7.89. The van der Waals surface area contributed by atoms with Crippen LogP contribution in [0.4, 0.5) is 17.1 Å². The van der Waals surface area contributed by atoms with Crippen molar-refractivity contribution in [3.05, 3.63) is 77.9 Å². The van der Waals surface area contributed by atoms with Crippen LogP contribution < -0.4 is 15.8 Å². The van der Waals surface area contributed by atoms with Crippen LogP contribution in [0.3, 0.4) is 0 Å². The van der Waals surface area contributed by atoms with Crippen LogP contribution in [-0.2, 0) is 9.31 Å². The Morgan fingerprint density at radius 3 is 1.68 bits per heavy atom. The third-order valence-electron chi connectivity index (χ3n) is 6.86. The largest absolute Gasteiger partial charge is 0.494 e. The number of para-hydroxylation sites is 2. The summed E-state index contributed by atoms with van der Waals surface area (Å²) in [5.74, 6) is 0. The van der Waals surface area contributed by atoms with E-state index >= 15 is 0 Å². The molecule has 0 radical (unpaired) electrons. The molecule has 3 aromatic rings. The fraction of sp³-hybridized carbons (Fsp3) is 0.308.